The largest absolute Gasteiger partial charge is 0.478 e. The third-order valence-electron chi connectivity index (χ3n) is 3.22. The first kappa shape index (κ1) is 13.6. The predicted molar refractivity (Wildman–Crippen MR) is 79.0 cm³/mol. The molecule has 0 spiro atoms. The van der Waals surface area contributed by atoms with E-state index in [2.05, 4.69) is 11.2 Å². The van der Waals surface area contributed by atoms with Crippen molar-refractivity contribution in [2.45, 2.75) is 0 Å². The molecule has 0 unspecified atom stereocenters. The summed E-state index contributed by atoms with van der Waals surface area (Å²) in [6.45, 7) is 0. The van der Waals surface area contributed by atoms with Crippen molar-refractivity contribution in [2.24, 2.45) is 0 Å². The van der Waals surface area contributed by atoms with Crippen molar-refractivity contribution >= 4 is 5.97 Å². The van der Waals surface area contributed by atoms with E-state index < -0.39 is 5.97 Å². The fourth-order valence-corrected chi connectivity index (χ4v) is 2.18. The summed E-state index contributed by atoms with van der Waals surface area (Å²) in [4.78, 5) is 11.1. The standard InChI is InChI=1S/C17H10N2O3/c18-10-14-15(12-7-4-8-13(9-12)17(20)21)19-22-16(14)11-5-2-1-3-6-11/h1-9H,(H,20,21). The van der Waals surface area contributed by atoms with E-state index in [1.54, 1.807) is 12.1 Å². The van der Waals surface area contributed by atoms with Gasteiger partial charge in [-0.3, -0.25) is 0 Å². The van der Waals surface area contributed by atoms with Gasteiger partial charge in [0.25, 0.3) is 0 Å². The van der Waals surface area contributed by atoms with E-state index in [-0.39, 0.29) is 11.1 Å². The van der Waals surface area contributed by atoms with Crippen molar-refractivity contribution < 1.29 is 14.4 Å². The summed E-state index contributed by atoms with van der Waals surface area (Å²) >= 11 is 0. The van der Waals surface area contributed by atoms with Gasteiger partial charge in [-0.2, -0.15) is 5.26 Å². The number of carboxylic acid groups (broad SMARTS) is 1. The minimum Gasteiger partial charge on any atom is -0.478 e. The first-order chi connectivity index (χ1) is 10.7. The highest BCUT2D eigenvalue weighted by Gasteiger charge is 2.19. The van der Waals surface area contributed by atoms with E-state index in [1.807, 2.05) is 30.3 Å². The average Bonchev–Trinajstić information content (AvgIpc) is 2.99. The maximum absolute atomic E-state index is 11.1. The van der Waals surface area contributed by atoms with Crippen LogP contribution in [0.3, 0.4) is 0 Å². The molecule has 0 aliphatic heterocycles. The van der Waals surface area contributed by atoms with Gasteiger partial charge in [-0.05, 0) is 12.1 Å². The third kappa shape index (κ3) is 2.34. The zero-order valence-electron chi connectivity index (χ0n) is 11.4. The number of nitrogens with zero attached hydrogens (tertiary/aromatic N) is 2. The Hall–Kier alpha value is -3.39. The molecule has 3 aromatic rings. The van der Waals surface area contributed by atoms with Crippen molar-refractivity contribution in [1.29, 1.82) is 5.26 Å². The lowest BCUT2D eigenvalue weighted by molar-refractivity contribution is 0.0697. The molecule has 5 heteroatoms. The van der Waals surface area contributed by atoms with Crippen LogP contribution < -0.4 is 0 Å². The molecular weight excluding hydrogens is 280 g/mol. The van der Waals surface area contributed by atoms with Crippen LogP contribution in [0.5, 0.6) is 0 Å². The molecule has 1 heterocycles. The Kier molecular flexibility index (Phi) is 3.42. The Balaban J connectivity index is 2.14. The molecule has 0 amide bonds. The number of hydrogen-bond acceptors (Lipinski definition) is 4. The van der Waals surface area contributed by atoms with Gasteiger partial charge >= 0.3 is 5.97 Å². The lowest BCUT2D eigenvalue weighted by atomic mass is 10.0. The molecule has 5 nitrogen and oxygen atoms in total. The second kappa shape index (κ2) is 5.54. The molecule has 1 aromatic heterocycles. The molecule has 3 rings (SSSR count). The Labute approximate surface area is 126 Å². The predicted octanol–water partition coefficient (Wildman–Crippen LogP) is 3.58. The van der Waals surface area contributed by atoms with Gasteiger partial charge in [0.2, 0.25) is 0 Å². The van der Waals surface area contributed by atoms with E-state index >= 15 is 0 Å². The van der Waals surface area contributed by atoms with Crippen LogP contribution in [-0.2, 0) is 0 Å². The number of nitriles is 1. The molecule has 0 saturated heterocycles. The fraction of sp³-hybridized carbons (Fsp3) is 0. The van der Waals surface area contributed by atoms with Crippen molar-refractivity contribution in [3.63, 3.8) is 0 Å². The number of rotatable bonds is 3. The van der Waals surface area contributed by atoms with Crippen LogP contribution in [0.4, 0.5) is 0 Å². The number of carboxylic acids is 1. The van der Waals surface area contributed by atoms with Crippen LogP contribution in [0.15, 0.2) is 59.1 Å². The van der Waals surface area contributed by atoms with Crippen molar-refractivity contribution in [3.8, 4) is 28.7 Å². The third-order valence-corrected chi connectivity index (χ3v) is 3.22. The number of aromatic carboxylic acids is 1. The second-order valence-corrected chi connectivity index (χ2v) is 4.60. The molecule has 0 atom stereocenters. The van der Waals surface area contributed by atoms with Crippen molar-refractivity contribution in [2.75, 3.05) is 0 Å². The fourth-order valence-electron chi connectivity index (χ4n) is 2.18. The smallest absolute Gasteiger partial charge is 0.335 e. The van der Waals surface area contributed by atoms with Gasteiger partial charge < -0.3 is 9.63 Å². The Bertz CT molecular complexity index is 876. The summed E-state index contributed by atoms with van der Waals surface area (Å²) in [5.41, 5.74) is 2.03. The highest BCUT2D eigenvalue weighted by Crippen LogP contribution is 2.31. The molecule has 0 fully saturated rings. The normalized spacial score (nSPS) is 10.1. The van der Waals surface area contributed by atoms with Gasteiger partial charge in [-0.25, -0.2) is 4.79 Å². The molecule has 0 bridgehead atoms. The molecule has 0 saturated carbocycles. The summed E-state index contributed by atoms with van der Waals surface area (Å²) < 4.78 is 5.31. The maximum Gasteiger partial charge on any atom is 0.335 e. The van der Waals surface area contributed by atoms with E-state index in [0.29, 0.717) is 17.0 Å². The summed E-state index contributed by atoms with van der Waals surface area (Å²) in [5.74, 6) is -0.661. The van der Waals surface area contributed by atoms with E-state index in [0.717, 1.165) is 5.56 Å². The molecule has 0 aliphatic rings. The topological polar surface area (TPSA) is 87.1 Å². The Morgan fingerprint density at radius 1 is 1.09 bits per heavy atom. The van der Waals surface area contributed by atoms with Crippen LogP contribution in [0, 0.1) is 11.3 Å². The quantitative estimate of drug-likeness (QED) is 0.796. The Morgan fingerprint density at radius 2 is 1.82 bits per heavy atom. The number of benzene rings is 2. The van der Waals surface area contributed by atoms with Gasteiger partial charge in [0.1, 0.15) is 17.3 Å². The van der Waals surface area contributed by atoms with E-state index in [1.165, 1.54) is 12.1 Å². The zero-order chi connectivity index (χ0) is 15.5. The molecular formula is C17H10N2O3. The van der Waals surface area contributed by atoms with E-state index in [4.69, 9.17) is 9.63 Å². The molecule has 22 heavy (non-hydrogen) atoms. The van der Waals surface area contributed by atoms with Crippen LogP contribution in [0.1, 0.15) is 15.9 Å². The summed E-state index contributed by atoms with van der Waals surface area (Å²) in [5, 5.41) is 22.4. The first-order valence-corrected chi connectivity index (χ1v) is 6.49. The lowest BCUT2D eigenvalue weighted by Gasteiger charge is -1.99. The lowest BCUT2D eigenvalue weighted by Crippen LogP contribution is -1.96. The molecule has 106 valence electrons. The Morgan fingerprint density at radius 3 is 2.50 bits per heavy atom. The minimum absolute atomic E-state index is 0.130. The SMILES string of the molecule is N#Cc1c(-c2cccc(C(=O)O)c2)noc1-c1ccccc1. The van der Waals surface area contributed by atoms with Gasteiger partial charge in [0.05, 0.1) is 5.56 Å². The van der Waals surface area contributed by atoms with Gasteiger partial charge in [-0.1, -0.05) is 47.6 Å². The second-order valence-electron chi connectivity index (χ2n) is 4.60. The first-order valence-electron chi connectivity index (χ1n) is 6.49. The van der Waals surface area contributed by atoms with Crippen LogP contribution >= 0.6 is 0 Å². The maximum atomic E-state index is 11.1. The molecule has 0 aliphatic carbocycles. The zero-order valence-corrected chi connectivity index (χ0v) is 11.4. The molecule has 1 N–H and O–H groups in total. The summed E-state index contributed by atoms with van der Waals surface area (Å²) in [6, 6.07) is 17.5. The van der Waals surface area contributed by atoms with E-state index in [9.17, 15) is 10.1 Å². The highest BCUT2D eigenvalue weighted by molar-refractivity contribution is 5.89. The monoisotopic (exact) mass is 290 g/mol. The molecule has 0 radical (unpaired) electrons. The number of aromatic nitrogens is 1. The van der Waals surface area contributed by atoms with Crippen molar-refractivity contribution in [3.05, 3.63) is 65.7 Å². The average molecular weight is 290 g/mol. The van der Waals surface area contributed by atoms with Crippen LogP contribution in [0.25, 0.3) is 22.6 Å². The number of hydrogen-bond donors (Lipinski definition) is 1. The van der Waals surface area contributed by atoms with Gasteiger partial charge in [-0.15, -0.1) is 0 Å². The minimum atomic E-state index is -1.04. The number of carbonyl (C=O) groups is 1. The van der Waals surface area contributed by atoms with Crippen LogP contribution in [-0.4, -0.2) is 16.2 Å². The van der Waals surface area contributed by atoms with Gasteiger partial charge in [0.15, 0.2) is 5.76 Å². The summed E-state index contributed by atoms with van der Waals surface area (Å²) in [6.07, 6.45) is 0. The highest BCUT2D eigenvalue weighted by atomic mass is 16.5. The van der Waals surface area contributed by atoms with Crippen LogP contribution in [0.2, 0.25) is 0 Å². The van der Waals surface area contributed by atoms with Crippen molar-refractivity contribution in [1.82, 2.24) is 5.16 Å². The van der Waals surface area contributed by atoms with Gasteiger partial charge in [0, 0.05) is 11.1 Å². The molecule has 2 aromatic carbocycles. The summed E-state index contributed by atoms with van der Waals surface area (Å²) in [7, 11) is 0.